The van der Waals surface area contributed by atoms with E-state index in [1.54, 1.807) is 6.07 Å². The molecule has 1 aromatic carbocycles. The summed E-state index contributed by atoms with van der Waals surface area (Å²) >= 11 is 0. The van der Waals surface area contributed by atoms with Gasteiger partial charge in [0.25, 0.3) is 5.91 Å². The number of benzene rings is 1. The van der Waals surface area contributed by atoms with Crippen molar-refractivity contribution in [2.24, 2.45) is 5.73 Å². The zero-order chi connectivity index (χ0) is 22.3. The van der Waals surface area contributed by atoms with Crippen LogP contribution in [0.25, 0.3) is 0 Å². The van der Waals surface area contributed by atoms with Gasteiger partial charge < -0.3 is 16.4 Å². The molecule has 31 heavy (non-hydrogen) atoms. The number of fused-ring (bicyclic) bond motifs is 1. The number of nitrogens with zero attached hydrogens (tertiary/aromatic N) is 3. The smallest absolute Gasteiger partial charge is 0.254 e. The molecule has 4 N–H and O–H groups in total. The van der Waals surface area contributed by atoms with E-state index in [1.165, 1.54) is 21.7 Å². The number of alkyl halides is 1. The van der Waals surface area contributed by atoms with Crippen LogP contribution in [0.15, 0.2) is 30.9 Å². The van der Waals surface area contributed by atoms with Crippen LogP contribution in [0.2, 0.25) is 0 Å². The monoisotopic (exact) mass is 429 g/mol. The summed E-state index contributed by atoms with van der Waals surface area (Å²) in [5.74, 6) is -1.31. The second-order valence-electron chi connectivity index (χ2n) is 8.23. The quantitative estimate of drug-likeness (QED) is 0.710. The number of halogens is 2. The zero-order valence-electron chi connectivity index (χ0n) is 17.1. The number of carbonyl (C=O) groups excluding carboxylic acids is 2. The molecule has 4 rings (SSSR count). The highest BCUT2D eigenvalue weighted by Crippen LogP contribution is 2.36. The van der Waals surface area contributed by atoms with E-state index in [0.29, 0.717) is 25.0 Å². The van der Waals surface area contributed by atoms with Crippen molar-refractivity contribution in [2.75, 3.05) is 12.3 Å². The van der Waals surface area contributed by atoms with Gasteiger partial charge in [-0.3, -0.25) is 9.59 Å². The Morgan fingerprint density at radius 1 is 1.32 bits per heavy atom. The molecular formula is C22H25F2N5O2. The van der Waals surface area contributed by atoms with Crippen LogP contribution < -0.4 is 11.5 Å². The highest BCUT2D eigenvalue weighted by molar-refractivity contribution is 5.98. The molecule has 9 heteroatoms. The first-order valence-corrected chi connectivity index (χ1v) is 10.3. The number of anilines is 1. The molecule has 2 amide bonds. The fourth-order valence-electron chi connectivity index (χ4n) is 4.75. The van der Waals surface area contributed by atoms with Crippen LogP contribution in [-0.2, 0) is 24.2 Å². The topological polar surface area (TPSA) is 107 Å². The number of amides is 2. The molecule has 1 fully saturated rings. The molecular weight excluding hydrogens is 404 g/mol. The molecule has 1 aromatic heterocycles. The molecule has 0 spiro atoms. The predicted molar refractivity (Wildman–Crippen MR) is 112 cm³/mol. The van der Waals surface area contributed by atoms with E-state index >= 15 is 0 Å². The Labute approximate surface area is 178 Å². The van der Waals surface area contributed by atoms with Gasteiger partial charge in [-0.15, -0.1) is 0 Å². The fourth-order valence-corrected chi connectivity index (χ4v) is 4.75. The van der Waals surface area contributed by atoms with Gasteiger partial charge in [-0.25, -0.2) is 13.5 Å². The molecule has 2 aromatic rings. The molecule has 2 aliphatic rings. The lowest BCUT2D eigenvalue weighted by molar-refractivity contribution is -0.127. The van der Waals surface area contributed by atoms with Crippen LogP contribution in [0.5, 0.6) is 0 Å². The maximum Gasteiger partial charge on any atom is 0.254 e. The molecule has 2 heterocycles. The Hall–Kier alpha value is -3.23. The van der Waals surface area contributed by atoms with Crippen molar-refractivity contribution >= 4 is 17.6 Å². The highest BCUT2D eigenvalue weighted by atomic mass is 19.1. The molecule has 1 saturated heterocycles. The minimum absolute atomic E-state index is 0.0117. The van der Waals surface area contributed by atoms with Crippen molar-refractivity contribution in [3.63, 3.8) is 0 Å². The SMILES string of the molecule is C=CC(=O)N1C[C@H](F)C[C@H]1Cn1nc(C2CCc3cc(F)ccc3C2)c(C(N)=O)c1N. The Morgan fingerprint density at radius 3 is 2.81 bits per heavy atom. The number of carbonyl (C=O) groups is 2. The van der Waals surface area contributed by atoms with Crippen LogP contribution in [0.1, 0.15) is 45.9 Å². The number of aromatic nitrogens is 2. The van der Waals surface area contributed by atoms with E-state index in [2.05, 4.69) is 11.7 Å². The lowest BCUT2D eigenvalue weighted by Crippen LogP contribution is -2.37. The first-order chi connectivity index (χ1) is 14.8. The van der Waals surface area contributed by atoms with Crippen LogP contribution in [0, 0.1) is 5.82 Å². The molecule has 7 nitrogen and oxygen atoms in total. The number of nitrogen functional groups attached to an aromatic ring is 1. The van der Waals surface area contributed by atoms with Crippen molar-refractivity contribution in [3.05, 3.63) is 59.1 Å². The molecule has 1 unspecified atom stereocenters. The third-order valence-corrected chi connectivity index (χ3v) is 6.25. The molecule has 1 aliphatic carbocycles. The van der Waals surface area contributed by atoms with Gasteiger partial charge in [-0.1, -0.05) is 12.6 Å². The number of nitrogens with two attached hydrogens (primary N) is 2. The van der Waals surface area contributed by atoms with E-state index in [1.807, 2.05) is 0 Å². The number of rotatable bonds is 5. The molecule has 0 radical (unpaired) electrons. The van der Waals surface area contributed by atoms with Crippen molar-refractivity contribution in [1.82, 2.24) is 14.7 Å². The van der Waals surface area contributed by atoms with Gasteiger partial charge in [0.2, 0.25) is 5.91 Å². The number of hydrogen-bond donors (Lipinski definition) is 2. The third-order valence-electron chi connectivity index (χ3n) is 6.25. The van der Waals surface area contributed by atoms with Crippen LogP contribution in [0.4, 0.5) is 14.6 Å². The molecule has 1 aliphatic heterocycles. The van der Waals surface area contributed by atoms with Gasteiger partial charge in [0.05, 0.1) is 24.8 Å². The van der Waals surface area contributed by atoms with Crippen molar-refractivity contribution < 1.29 is 18.4 Å². The summed E-state index contributed by atoms with van der Waals surface area (Å²) in [5, 5.41) is 4.58. The average molecular weight is 429 g/mol. The van der Waals surface area contributed by atoms with E-state index in [0.717, 1.165) is 17.2 Å². The number of likely N-dealkylation sites (tertiary alicyclic amines) is 1. The summed E-state index contributed by atoms with van der Waals surface area (Å²) in [6.45, 7) is 3.61. The van der Waals surface area contributed by atoms with Crippen LogP contribution >= 0.6 is 0 Å². The highest BCUT2D eigenvalue weighted by Gasteiger charge is 2.36. The van der Waals surface area contributed by atoms with Crippen LogP contribution in [-0.4, -0.2) is 45.3 Å². The summed E-state index contributed by atoms with van der Waals surface area (Å²) in [4.78, 5) is 25.7. The van der Waals surface area contributed by atoms with Gasteiger partial charge in [0.15, 0.2) is 0 Å². The number of primary amides is 1. The second-order valence-corrected chi connectivity index (χ2v) is 8.23. The third kappa shape index (κ3) is 3.92. The van der Waals surface area contributed by atoms with Crippen molar-refractivity contribution in [3.8, 4) is 0 Å². The van der Waals surface area contributed by atoms with Gasteiger partial charge in [-0.2, -0.15) is 5.10 Å². The largest absolute Gasteiger partial charge is 0.383 e. The second kappa shape index (κ2) is 8.13. The number of hydrogen-bond acceptors (Lipinski definition) is 4. The maximum atomic E-state index is 14.0. The summed E-state index contributed by atoms with van der Waals surface area (Å²) in [7, 11) is 0. The number of aryl methyl sites for hydroxylation is 1. The lowest BCUT2D eigenvalue weighted by atomic mass is 9.81. The fraction of sp³-hybridized carbons (Fsp3) is 0.409. The van der Waals surface area contributed by atoms with Gasteiger partial charge >= 0.3 is 0 Å². The molecule has 3 atom stereocenters. The Balaban J connectivity index is 1.64. The van der Waals surface area contributed by atoms with Gasteiger partial charge in [0.1, 0.15) is 23.4 Å². The molecule has 164 valence electrons. The minimum Gasteiger partial charge on any atom is -0.383 e. The summed E-state index contributed by atoms with van der Waals surface area (Å²) in [6.07, 6.45) is 2.07. The van der Waals surface area contributed by atoms with Crippen LogP contribution in [0.3, 0.4) is 0 Å². The summed E-state index contributed by atoms with van der Waals surface area (Å²) < 4.78 is 29.0. The van der Waals surface area contributed by atoms with Crippen molar-refractivity contribution in [1.29, 1.82) is 0 Å². The molecule has 0 bridgehead atoms. The minimum atomic E-state index is -1.14. The van der Waals surface area contributed by atoms with E-state index in [-0.39, 0.29) is 48.5 Å². The summed E-state index contributed by atoms with van der Waals surface area (Å²) in [5.41, 5.74) is 14.4. The predicted octanol–water partition coefficient (Wildman–Crippen LogP) is 2.10. The Bertz CT molecular complexity index is 1050. The average Bonchev–Trinajstić information content (AvgIpc) is 3.27. The molecule has 0 saturated carbocycles. The van der Waals surface area contributed by atoms with E-state index < -0.39 is 18.1 Å². The Morgan fingerprint density at radius 2 is 2.10 bits per heavy atom. The first-order valence-electron chi connectivity index (χ1n) is 10.3. The summed E-state index contributed by atoms with van der Waals surface area (Å²) in [6, 6.07) is 4.25. The first kappa shape index (κ1) is 21.0. The Kier molecular flexibility index (Phi) is 5.51. The van der Waals surface area contributed by atoms with Gasteiger partial charge in [-0.05, 0) is 48.6 Å². The maximum absolute atomic E-state index is 14.0. The van der Waals surface area contributed by atoms with Crippen molar-refractivity contribution in [2.45, 2.75) is 50.4 Å². The van der Waals surface area contributed by atoms with E-state index in [4.69, 9.17) is 11.5 Å². The van der Waals surface area contributed by atoms with Gasteiger partial charge in [0, 0.05) is 12.3 Å². The standard InChI is InChI=1S/C22H25F2N5O2/c1-2-18(30)28-10-16(24)9-17(28)11-29-21(25)19(22(26)31)20(27-29)14-4-3-13-8-15(23)6-5-12(13)7-14/h2,5-6,8,14,16-17H,1,3-4,7,9-11,25H2,(H2,26,31)/t14?,16-,17+/m1/s1. The van der Waals surface area contributed by atoms with E-state index in [9.17, 15) is 18.4 Å². The normalized spacial score (nSPS) is 22.9. The zero-order valence-corrected chi connectivity index (χ0v) is 17.1. The lowest BCUT2D eigenvalue weighted by Gasteiger charge is -2.24.